The van der Waals surface area contributed by atoms with Crippen molar-refractivity contribution >= 4 is 43.3 Å². The number of hydrogen-bond acceptors (Lipinski definition) is 5. The highest BCUT2D eigenvalue weighted by Crippen LogP contribution is 2.29. The molecule has 0 saturated heterocycles. The van der Waals surface area contributed by atoms with Crippen LogP contribution in [0, 0.1) is 6.92 Å². The quantitative estimate of drug-likeness (QED) is 0.702. The first-order valence-corrected chi connectivity index (χ1v) is 7.99. The fourth-order valence-corrected chi connectivity index (χ4v) is 4.95. The summed E-state index contributed by atoms with van der Waals surface area (Å²) in [6, 6.07) is 0.0817. The summed E-state index contributed by atoms with van der Waals surface area (Å²) in [7, 11) is -3.90. The third kappa shape index (κ3) is 3.75. The Bertz CT molecular complexity index is 539. The van der Waals surface area contributed by atoms with Crippen molar-refractivity contribution in [2.45, 2.75) is 24.3 Å². The molecule has 102 valence electrons. The predicted molar refractivity (Wildman–Crippen MR) is 70.2 cm³/mol. The van der Waals surface area contributed by atoms with Gasteiger partial charge in [-0.3, -0.25) is 4.79 Å². The van der Waals surface area contributed by atoms with Crippen LogP contribution in [-0.4, -0.2) is 37.2 Å². The molecule has 0 fully saturated rings. The molecule has 6 nitrogen and oxygen atoms in total. The average molecular weight is 358 g/mol. The molecule has 0 saturated carbocycles. The van der Waals surface area contributed by atoms with Crippen LogP contribution in [0.2, 0.25) is 0 Å². The van der Waals surface area contributed by atoms with Crippen LogP contribution in [-0.2, 0) is 14.8 Å². The molecule has 3 N–H and O–H groups in total. The molecule has 0 amide bonds. The summed E-state index contributed by atoms with van der Waals surface area (Å²) >= 11 is 4.42. The number of sulfonamides is 1. The number of halogens is 1. The maximum atomic E-state index is 12.0. The highest BCUT2D eigenvalue weighted by Gasteiger charge is 2.27. The van der Waals surface area contributed by atoms with Crippen molar-refractivity contribution in [1.29, 1.82) is 0 Å². The average Bonchev–Trinajstić information content (AvgIpc) is 2.57. The predicted octanol–water partition coefficient (Wildman–Crippen LogP) is 0.933. The number of aryl methyl sites for hydroxylation is 1. The van der Waals surface area contributed by atoms with E-state index in [9.17, 15) is 13.2 Å². The Kier molecular flexibility index (Phi) is 5.29. The van der Waals surface area contributed by atoms with Gasteiger partial charge in [0.2, 0.25) is 10.0 Å². The second-order valence-electron chi connectivity index (χ2n) is 3.50. The van der Waals surface area contributed by atoms with Gasteiger partial charge in [-0.15, -0.1) is 11.3 Å². The lowest BCUT2D eigenvalue weighted by atomic mass is 10.2. The summed E-state index contributed by atoms with van der Waals surface area (Å²) in [5.41, 5.74) is 0. The largest absolute Gasteiger partial charge is 0.480 e. The second-order valence-corrected chi connectivity index (χ2v) is 7.81. The van der Waals surface area contributed by atoms with E-state index in [1.807, 2.05) is 0 Å². The van der Waals surface area contributed by atoms with Crippen molar-refractivity contribution < 1.29 is 23.4 Å². The maximum Gasteiger partial charge on any atom is 0.321 e. The van der Waals surface area contributed by atoms with Crippen molar-refractivity contribution in [3.05, 3.63) is 14.7 Å². The molecule has 18 heavy (non-hydrogen) atoms. The number of carbonyl (C=O) groups is 1. The van der Waals surface area contributed by atoms with Crippen molar-refractivity contribution in [1.82, 2.24) is 4.72 Å². The van der Waals surface area contributed by atoms with Gasteiger partial charge in [0.15, 0.2) is 0 Å². The molecule has 0 aliphatic rings. The van der Waals surface area contributed by atoms with E-state index in [2.05, 4.69) is 20.7 Å². The number of hydrogen-bond donors (Lipinski definition) is 3. The van der Waals surface area contributed by atoms with Crippen LogP contribution in [0.25, 0.3) is 0 Å². The van der Waals surface area contributed by atoms with Gasteiger partial charge in [-0.05, 0) is 35.3 Å². The summed E-state index contributed by atoms with van der Waals surface area (Å²) in [6.45, 7) is 1.22. The molecule has 1 rings (SSSR count). The van der Waals surface area contributed by atoms with Crippen LogP contribution in [0.3, 0.4) is 0 Å². The molecule has 1 aromatic rings. The lowest BCUT2D eigenvalue weighted by molar-refractivity contribution is -0.139. The zero-order valence-corrected chi connectivity index (χ0v) is 12.6. The number of thiophene rings is 1. The molecule has 0 aromatic carbocycles. The van der Waals surface area contributed by atoms with E-state index >= 15 is 0 Å². The standard InChI is InChI=1S/C9H12BrNO5S2/c1-5-7(4-8(10)17-5)18(15,16)11-6(2-3-12)9(13)14/h4,6,11-12H,2-3H2,1H3,(H,13,14)/t6-/m0/s1. The van der Waals surface area contributed by atoms with Gasteiger partial charge in [0, 0.05) is 11.5 Å². The normalized spacial score (nSPS) is 13.5. The number of nitrogens with one attached hydrogen (secondary N) is 1. The second kappa shape index (κ2) is 6.11. The summed E-state index contributed by atoms with van der Waals surface area (Å²) in [5, 5.41) is 17.6. The Morgan fingerprint density at radius 3 is 2.61 bits per heavy atom. The van der Waals surface area contributed by atoms with E-state index in [0.29, 0.717) is 8.66 Å². The van der Waals surface area contributed by atoms with Crippen LogP contribution in [0.15, 0.2) is 14.7 Å². The molecule has 0 bridgehead atoms. The molecule has 1 aromatic heterocycles. The zero-order valence-electron chi connectivity index (χ0n) is 9.38. The topological polar surface area (TPSA) is 104 Å². The highest BCUT2D eigenvalue weighted by molar-refractivity contribution is 9.11. The summed E-state index contributed by atoms with van der Waals surface area (Å²) < 4.78 is 26.7. The molecule has 1 heterocycles. The Labute approximate surface area is 117 Å². The minimum Gasteiger partial charge on any atom is -0.480 e. The van der Waals surface area contributed by atoms with Crippen LogP contribution in [0.4, 0.5) is 0 Å². The lowest BCUT2D eigenvalue weighted by Crippen LogP contribution is -2.41. The number of carboxylic acid groups (broad SMARTS) is 1. The fraction of sp³-hybridized carbons (Fsp3) is 0.444. The zero-order chi connectivity index (χ0) is 13.9. The monoisotopic (exact) mass is 357 g/mol. The number of aliphatic hydroxyl groups excluding tert-OH is 1. The molecule has 0 spiro atoms. The molecule has 9 heteroatoms. The van der Waals surface area contributed by atoms with Crippen molar-refractivity contribution in [3.8, 4) is 0 Å². The van der Waals surface area contributed by atoms with Crippen LogP contribution >= 0.6 is 27.3 Å². The first kappa shape index (κ1) is 15.6. The number of rotatable bonds is 6. The summed E-state index contributed by atoms with van der Waals surface area (Å²) in [4.78, 5) is 11.4. The minimum atomic E-state index is -3.90. The molecule has 0 aliphatic carbocycles. The van der Waals surface area contributed by atoms with Gasteiger partial charge in [-0.25, -0.2) is 8.42 Å². The Morgan fingerprint density at radius 1 is 1.61 bits per heavy atom. The Balaban J connectivity index is 3.00. The molecule has 0 aliphatic heterocycles. The molecular weight excluding hydrogens is 346 g/mol. The number of carboxylic acids is 1. The molecular formula is C9H12BrNO5S2. The highest BCUT2D eigenvalue weighted by atomic mass is 79.9. The van der Waals surface area contributed by atoms with E-state index in [1.54, 1.807) is 6.92 Å². The SMILES string of the molecule is Cc1sc(Br)cc1S(=O)(=O)N[C@@H](CCO)C(=O)O. The van der Waals surface area contributed by atoms with Gasteiger partial charge in [0.25, 0.3) is 0 Å². The van der Waals surface area contributed by atoms with Crippen molar-refractivity contribution in [2.24, 2.45) is 0 Å². The third-order valence-electron chi connectivity index (χ3n) is 2.14. The minimum absolute atomic E-state index is 0.0450. The molecule has 0 unspecified atom stereocenters. The summed E-state index contributed by atoms with van der Waals surface area (Å²) in [6.07, 6.45) is -0.182. The van der Waals surface area contributed by atoms with E-state index in [1.165, 1.54) is 17.4 Å². The van der Waals surface area contributed by atoms with Gasteiger partial charge >= 0.3 is 5.97 Å². The van der Waals surface area contributed by atoms with Crippen LogP contribution in [0.1, 0.15) is 11.3 Å². The number of aliphatic hydroxyl groups is 1. The Hall–Kier alpha value is -0.480. The van der Waals surface area contributed by atoms with Gasteiger partial charge < -0.3 is 10.2 Å². The van der Waals surface area contributed by atoms with E-state index in [4.69, 9.17) is 10.2 Å². The van der Waals surface area contributed by atoms with E-state index in [0.717, 1.165) is 0 Å². The van der Waals surface area contributed by atoms with Gasteiger partial charge in [-0.1, -0.05) is 0 Å². The fourth-order valence-electron chi connectivity index (χ4n) is 1.31. The van der Waals surface area contributed by atoms with Gasteiger partial charge in [0.05, 0.1) is 8.68 Å². The van der Waals surface area contributed by atoms with E-state index in [-0.39, 0.29) is 11.3 Å². The third-order valence-corrected chi connectivity index (χ3v) is 5.43. The molecule has 0 radical (unpaired) electrons. The van der Waals surface area contributed by atoms with Crippen LogP contribution in [0.5, 0.6) is 0 Å². The molecule has 1 atom stereocenters. The van der Waals surface area contributed by atoms with Crippen molar-refractivity contribution in [2.75, 3.05) is 6.61 Å². The Morgan fingerprint density at radius 2 is 2.22 bits per heavy atom. The van der Waals surface area contributed by atoms with E-state index < -0.39 is 28.6 Å². The van der Waals surface area contributed by atoms with Crippen LogP contribution < -0.4 is 4.72 Å². The smallest absolute Gasteiger partial charge is 0.321 e. The van der Waals surface area contributed by atoms with Gasteiger partial charge in [-0.2, -0.15) is 4.72 Å². The number of aliphatic carboxylic acids is 1. The lowest BCUT2D eigenvalue weighted by Gasteiger charge is -2.13. The first-order chi connectivity index (χ1) is 8.27. The summed E-state index contributed by atoms with van der Waals surface area (Å²) in [5.74, 6) is -1.32. The van der Waals surface area contributed by atoms with Crippen molar-refractivity contribution in [3.63, 3.8) is 0 Å². The van der Waals surface area contributed by atoms with Gasteiger partial charge in [0.1, 0.15) is 6.04 Å². The first-order valence-electron chi connectivity index (χ1n) is 4.90. The maximum absolute atomic E-state index is 12.0.